The zero-order chi connectivity index (χ0) is 26.4. The number of rotatable bonds is 10. The fraction of sp³-hybridized carbons (Fsp3) is 0.290. The summed E-state index contributed by atoms with van der Waals surface area (Å²) >= 11 is 0. The molecule has 2 N–H and O–H groups in total. The number of hydrogen-bond acceptors (Lipinski definition) is 7. The average molecular weight is 512 g/mol. The minimum Gasteiger partial charge on any atom is -0.497 e. The summed E-state index contributed by atoms with van der Waals surface area (Å²) in [5.74, 6) is 2.26. The molecule has 3 atom stereocenters. The molecule has 1 heterocycles. The quantitative estimate of drug-likeness (QED) is 0.288. The average Bonchev–Trinajstić information content (AvgIpc) is 3.33. The molecule has 38 heavy (non-hydrogen) atoms. The van der Waals surface area contributed by atoms with Gasteiger partial charge in [-0.1, -0.05) is 54.6 Å². The lowest BCUT2D eigenvalue weighted by Gasteiger charge is -2.37. The first-order chi connectivity index (χ1) is 18.6. The van der Waals surface area contributed by atoms with E-state index < -0.39 is 11.7 Å². The molecule has 5 rings (SSSR count). The lowest BCUT2D eigenvalue weighted by atomic mass is 9.80. The molecule has 1 aromatic heterocycles. The van der Waals surface area contributed by atoms with Crippen LogP contribution in [-0.4, -0.2) is 48.0 Å². The van der Waals surface area contributed by atoms with Gasteiger partial charge in [-0.05, 0) is 59.9 Å². The van der Waals surface area contributed by atoms with Crippen LogP contribution in [0, 0.1) is 5.92 Å². The summed E-state index contributed by atoms with van der Waals surface area (Å²) in [4.78, 5) is 8.25. The van der Waals surface area contributed by atoms with Crippen LogP contribution < -0.4 is 14.8 Å². The van der Waals surface area contributed by atoms with Gasteiger partial charge in [-0.3, -0.25) is 0 Å². The normalized spacial score (nSPS) is 19.2. The topological polar surface area (TPSA) is 85.7 Å². The minimum absolute atomic E-state index is 0.0473. The van der Waals surface area contributed by atoms with E-state index in [0.29, 0.717) is 13.0 Å². The van der Waals surface area contributed by atoms with Crippen molar-refractivity contribution in [2.75, 3.05) is 26.1 Å². The van der Waals surface area contributed by atoms with Crippen molar-refractivity contribution >= 4 is 5.82 Å². The van der Waals surface area contributed by atoms with Crippen LogP contribution in [0.1, 0.15) is 29.5 Å². The fourth-order valence-corrected chi connectivity index (χ4v) is 5.29. The van der Waals surface area contributed by atoms with E-state index in [0.717, 1.165) is 40.4 Å². The second-order valence-corrected chi connectivity index (χ2v) is 9.55. The number of aromatic nitrogens is 2. The van der Waals surface area contributed by atoms with Crippen LogP contribution in [0.4, 0.5) is 5.82 Å². The van der Waals surface area contributed by atoms with E-state index in [2.05, 4.69) is 27.4 Å². The summed E-state index contributed by atoms with van der Waals surface area (Å²) in [5, 5.41) is 14.4. The van der Waals surface area contributed by atoms with Gasteiger partial charge in [0.2, 0.25) is 0 Å². The monoisotopic (exact) mass is 511 g/mol. The van der Waals surface area contributed by atoms with Gasteiger partial charge in [-0.2, -0.15) is 0 Å². The van der Waals surface area contributed by atoms with Crippen LogP contribution in [0.15, 0.2) is 97.5 Å². The van der Waals surface area contributed by atoms with E-state index in [-0.39, 0.29) is 12.0 Å². The lowest BCUT2D eigenvalue weighted by Crippen LogP contribution is -2.35. The summed E-state index contributed by atoms with van der Waals surface area (Å²) in [6, 6.07) is 28.1. The van der Waals surface area contributed by atoms with Gasteiger partial charge in [0, 0.05) is 18.2 Å². The zero-order valence-corrected chi connectivity index (χ0v) is 21.7. The Bertz CT molecular complexity index is 1240. The van der Waals surface area contributed by atoms with Crippen molar-refractivity contribution in [1.29, 1.82) is 0 Å². The summed E-state index contributed by atoms with van der Waals surface area (Å²) in [6.45, 7) is 0.371. The molecule has 0 amide bonds. The molecule has 0 unspecified atom stereocenters. The molecule has 1 saturated carbocycles. The standard InChI is InChI=1S/C31H33N3O4/c1-36-27-12-8-24(9-13-27)31(23-6-4-3-5-7-23,25-10-14-28(37-2)15-11-25)38-20-22-18-26(19-29(22)35)34-30-16-17-32-21-33-30/h3-17,21-22,26,29,35H,18-20H2,1-2H3,(H,32,33,34)/t22-,26-,29-/m1/s1. The molecule has 0 saturated heterocycles. The number of ether oxygens (including phenoxy) is 3. The Kier molecular flexibility index (Phi) is 7.86. The van der Waals surface area contributed by atoms with Gasteiger partial charge in [0.05, 0.1) is 26.9 Å². The maximum Gasteiger partial charge on any atom is 0.143 e. The minimum atomic E-state index is -0.905. The third-order valence-corrected chi connectivity index (χ3v) is 7.28. The zero-order valence-electron chi connectivity index (χ0n) is 21.7. The molecule has 1 aliphatic carbocycles. The maximum atomic E-state index is 11.0. The highest BCUT2D eigenvalue weighted by Gasteiger charge is 2.41. The maximum absolute atomic E-state index is 11.0. The van der Waals surface area contributed by atoms with E-state index in [1.807, 2.05) is 72.8 Å². The molecular formula is C31H33N3O4. The summed E-state index contributed by atoms with van der Waals surface area (Å²) in [6.07, 6.45) is 4.13. The van der Waals surface area contributed by atoms with Crippen LogP contribution in [0.3, 0.4) is 0 Å². The molecule has 7 nitrogen and oxygen atoms in total. The molecule has 0 spiro atoms. The second-order valence-electron chi connectivity index (χ2n) is 9.55. The van der Waals surface area contributed by atoms with Gasteiger partial charge >= 0.3 is 0 Å². The summed E-state index contributed by atoms with van der Waals surface area (Å²) in [5.41, 5.74) is 2.03. The van der Waals surface area contributed by atoms with Gasteiger partial charge < -0.3 is 24.6 Å². The smallest absolute Gasteiger partial charge is 0.143 e. The molecule has 1 aliphatic rings. The van der Waals surface area contributed by atoms with Gasteiger partial charge in [-0.15, -0.1) is 0 Å². The van der Waals surface area contributed by atoms with Crippen LogP contribution in [0.2, 0.25) is 0 Å². The molecular weight excluding hydrogens is 478 g/mol. The number of anilines is 1. The van der Waals surface area contributed by atoms with Crippen molar-refractivity contribution in [2.45, 2.75) is 30.6 Å². The van der Waals surface area contributed by atoms with Crippen molar-refractivity contribution in [1.82, 2.24) is 9.97 Å². The fourth-order valence-electron chi connectivity index (χ4n) is 5.29. The highest BCUT2D eigenvalue weighted by molar-refractivity contribution is 5.49. The molecule has 1 fully saturated rings. The van der Waals surface area contributed by atoms with E-state index >= 15 is 0 Å². The molecule has 4 aromatic rings. The largest absolute Gasteiger partial charge is 0.497 e. The van der Waals surface area contributed by atoms with Gasteiger partial charge in [0.25, 0.3) is 0 Å². The number of aliphatic hydroxyl groups excluding tert-OH is 1. The van der Waals surface area contributed by atoms with E-state index in [9.17, 15) is 5.11 Å². The predicted molar refractivity (Wildman–Crippen MR) is 146 cm³/mol. The first kappa shape index (κ1) is 25.7. The van der Waals surface area contributed by atoms with Crippen molar-refractivity contribution in [3.05, 3.63) is 114 Å². The molecule has 196 valence electrons. The number of nitrogens with zero attached hydrogens (tertiary/aromatic N) is 2. The number of benzene rings is 3. The molecule has 0 aliphatic heterocycles. The number of methoxy groups -OCH3 is 2. The Morgan fingerprint density at radius 1 is 0.816 bits per heavy atom. The highest BCUT2D eigenvalue weighted by atomic mass is 16.5. The first-order valence-electron chi connectivity index (χ1n) is 12.8. The Hall–Kier alpha value is -3.94. The Labute approximate surface area is 223 Å². The summed E-state index contributed by atoms with van der Waals surface area (Å²) in [7, 11) is 3.32. The number of hydrogen-bond donors (Lipinski definition) is 2. The van der Waals surface area contributed by atoms with Crippen LogP contribution >= 0.6 is 0 Å². The summed E-state index contributed by atoms with van der Waals surface area (Å²) < 4.78 is 17.9. The van der Waals surface area contributed by atoms with Crippen molar-refractivity contribution in [3.8, 4) is 11.5 Å². The molecule has 3 aromatic carbocycles. The van der Waals surface area contributed by atoms with Gasteiger partial charge in [0.1, 0.15) is 29.2 Å². The third kappa shape index (κ3) is 5.35. The molecule has 7 heteroatoms. The van der Waals surface area contributed by atoms with Gasteiger partial charge in [-0.25, -0.2) is 9.97 Å². The van der Waals surface area contributed by atoms with Crippen molar-refractivity contribution < 1.29 is 19.3 Å². The van der Waals surface area contributed by atoms with Crippen LogP contribution in [0.25, 0.3) is 0 Å². The van der Waals surface area contributed by atoms with Crippen LogP contribution in [-0.2, 0) is 10.3 Å². The Morgan fingerprint density at radius 3 is 1.97 bits per heavy atom. The van der Waals surface area contributed by atoms with E-state index in [1.165, 1.54) is 6.33 Å². The number of nitrogens with one attached hydrogen (secondary N) is 1. The molecule has 0 radical (unpaired) electrons. The van der Waals surface area contributed by atoms with E-state index in [4.69, 9.17) is 14.2 Å². The van der Waals surface area contributed by atoms with Crippen molar-refractivity contribution in [2.24, 2.45) is 5.92 Å². The van der Waals surface area contributed by atoms with Crippen molar-refractivity contribution in [3.63, 3.8) is 0 Å². The third-order valence-electron chi connectivity index (χ3n) is 7.28. The lowest BCUT2D eigenvalue weighted by molar-refractivity contribution is -0.0295. The molecule has 0 bridgehead atoms. The second kappa shape index (κ2) is 11.6. The Morgan fingerprint density at radius 2 is 1.42 bits per heavy atom. The highest BCUT2D eigenvalue weighted by Crippen LogP contribution is 2.43. The van der Waals surface area contributed by atoms with Crippen LogP contribution in [0.5, 0.6) is 11.5 Å². The predicted octanol–water partition coefficient (Wildman–Crippen LogP) is 5.05. The first-order valence-corrected chi connectivity index (χ1v) is 12.8. The van der Waals surface area contributed by atoms with E-state index in [1.54, 1.807) is 20.4 Å². The van der Waals surface area contributed by atoms with Gasteiger partial charge in [0.15, 0.2) is 0 Å². The number of aliphatic hydroxyl groups is 1. The Balaban J connectivity index is 1.49. The SMILES string of the molecule is COc1ccc(C(OC[C@H]2C[C@@H](Nc3ccncn3)C[C@H]2O)(c2ccccc2)c2ccc(OC)cc2)cc1.